The topological polar surface area (TPSA) is 26.0 Å². The summed E-state index contributed by atoms with van der Waals surface area (Å²) in [6.07, 6.45) is 1.40. The molecule has 2 aromatic rings. The minimum Gasteiger partial charge on any atom is -0.364 e. The van der Waals surface area contributed by atoms with Crippen LogP contribution >= 0.6 is 11.6 Å². The van der Waals surface area contributed by atoms with Gasteiger partial charge in [0.05, 0.1) is 0 Å². The fourth-order valence-corrected chi connectivity index (χ4v) is 1.84. The van der Waals surface area contributed by atoms with Gasteiger partial charge >= 0.3 is 5.38 Å². The number of rotatable bonds is 2. The molecule has 0 aliphatic carbocycles. The molecule has 5 heteroatoms. The van der Waals surface area contributed by atoms with E-state index in [2.05, 4.69) is 5.16 Å². The van der Waals surface area contributed by atoms with Crippen LogP contribution in [0.4, 0.5) is 8.78 Å². The summed E-state index contributed by atoms with van der Waals surface area (Å²) in [4.78, 5) is 0. The number of halogens is 3. The normalized spacial score (nSPS) is 12.7. The number of nitrogens with zero attached hydrogens (tertiary/aromatic N) is 1. The highest BCUT2D eigenvalue weighted by Gasteiger charge is 2.30. The lowest BCUT2D eigenvalue weighted by Gasteiger charge is -2.22. The second-order valence-electron chi connectivity index (χ2n) is 5.43. The Bertz CT molecular complexity index is 536. The molecule has 0 N–H and O–H groups in total. The first kappa shape index (κ1) is 14.0. The van der Waals surface area contributed by atoms with E-state index in [9.17, 15) is 8.78 Å². The first-order valence-electron chi connectivity index (χ1n) is 5.81. The van der Waals surface area contributed by atoms with Crippen molar-refractivity contribution in [3.05, 3.63) is 41.7 Å². The molecule has 0 spiro atoms. The van der Waals surface area contributed by atoms with Crippen molar-refractivity contribution in [2.75, 3.05) is 0 Å². The molecular weight excluding hydrogens is 272 g/mol. The van der Waals surface area contributed by atoms with E-state index in [-0.39, 0.29) is 11.0 Å². The van der Waals surface area contributed by atoms with Gasteiger partial charge in [-0.2, -0.15) is 8.78 Å². The smallest absolute Gasteiger partial charge is 0.348 e. The first-order valence-corrected chi connectivity index (χ1v) is 6.19. The molecule has 0 saturated carbocycles. The molecule has 0 amide bonds. The summed E-state index contributed by atoms with van der Waals surface area (Å²) >= 11 is 5.14. The number of benzene rings is 1. The van der Waals surface area contributed by atoms with Gasteiger partial charge in [0.2, 0.25) is 0 Å². The SMILES string of the molecule is CC(C)(C)c1cc(-c2ccon2)cc(C(F)(F)Cl)c1. The van der Waals surface area contributed by atoms with Crippen molar-refractivity contribution in [2.24, 2.45) is 0 Å². The van der Waals surface area contributed by atoms with Gasteiger partial charge in [-0.05, 0) is 40.8 Å². The predicted octanol–water partition coefficient (Wildman–Crippen LogP) is 4.93. The van der Waals surface area contributed by atoms with E-state index in [0.717, 1.165) is 5.56 Å². The minimum absolute atomic E-state index is 0.236. The molecule has 0 aliphatic rings. The van der Waals surface area contributed by atoms with Crippen LogP contribution in [0.2, 0.25) is 0 Å². The number of hydrogen-bond acceptors (Lipinski definition) is 2. The van der Waals surface area contributed by atoms with Gasteiger partial charge in [0.25, 0.3) is 0 Å². The van der Waals surface area contributed by atoms with Crippen molar-refractivity contribution in [3.8, 4) is 11.3 Å². The standard InChI is InChI=1S/C14H14ClF2NO/c1-13(2,3)10-6-9(12-4-5-19-18-12)7-11(8-10)14(15,16)17/h4-8H,1-3H3. The van der Waals surface area contributed by atoms with E-state index in [1.807, 2.05) is 26.8 Å². The molecule has 0 aliphatic heterocycles. The Balaban J connectivity index is 2.62. The third kappa shape index (κ3) is 3.13. The lowest BCUT2D eigenvalue weighted by Crippen LogP contribution is -2.14. The van der Waals surface area contributed by atoms with Gasteiger partial charge in [-0.3, -0.25) is 0 Å². The molecule has 2 nitrogen and oxygen atoms in total. The Morgan fingerprint density at radius 3 is 2.21 bits per heavy atom. The monoisotopic (exact) mass is 285 g/mol. The largest absolute Gasteiger partial charge is 0.364 e. The molecule has 1 aromatic heterocycles. The summed E-state index contributed by atoms with van der Waals surface area (Å²) in [5, 5.41) is 0.367. The molecule has 102 valence electrons. The second-order valence-corrected chi connectivity index (χ2v) is 5.91. The van der Waals surface area contributed by atoms with E-state index in [1.165, 1.54) is 18.4 Å². The Morgan fingerprint density at radius 2 is 1.74 bits per heavy atom. The Labute approximate surface area is 115 Å². The van der Waals surface area contributed by atoms with Gasteiger partial charge < -0.3 is 4.52 Å². The summed E-state index contributed by atoms with van der Waals surface area (Å²) in [5.74, 6) is 0. The van der Waals surface area contributed by atoms with Crippen LogP contribution in [0.5, 0.6) is 0 Å². The van der Waals surface area contributed by atoms with Crippen molar-refractivity contribution in [2.45, 2.75) is 31.6 Å². The molecule has 0 atom stereocenters. The Morgan fingerprint density at radius 1 is 1.11 bits per heavy atom. The summed E-state index contributed by atoms with van der Waals surface area (Å²) < 4.78 is 31.5. The molecular formula is C14H14ClF2NO. The Kier molecular flexibility index (Phi) is 3.39. The van der Waals surface area contributed by atoms with E-state index < -0.39 is 5.38 Å². The molecule has 2 rings (SSSR count). The average Bonchev–Trinajstić information content (AvgIpc) is 2.79. The van der Waals surface area contributed by atoms with E-state index >= 15 is 0 Å². The zero-order valence-electron chi connectivity index (χ0n) is 10.9. The molecule has 19 heavy (non-hydrogen) atoms. The molecule has 0 radical (unpaired) electrons. The Hall–Kier alpha value is -1.42. The zero-order valence-corrected chi connectivity index (χ0v) is 11.6. The third-order valence-electron chi connectivity index (χ3n) is 2.86. The van der Waals surface area contributed by atoms with E-state index in [1.54, 1.807) is 6.07 Å². The predicted molar refractivity (Wildman–Crippen MR) is 70.4 cm³/mol. The summed E-state index contributed by atoms with van der Waals surface area (Å²) in [5.41, 5.74) is 1.34. The van der Waals surface area contributed by atoms with Gasteiger partial charge in [0.1, 0.15) is 12.0 Å². The van der Waals surface area contributed by atoms with Gasteiger partial charge in [-0.15, -0.1) is 0 Å². The van der Waals surface area contributed by atoms with Crippen molar-refractivity contribution in [3.63, 3.8) is 0 Å². The third-order valence-corrected chi connectivity index (χ3v) is 3.08. The lowest BCUT2D eigenvalue weighted by atomic mass is 9.84. The average molecular weight is 286 g/mol. The number of aromatic nitrogens is 1. The second kappa shape index (κ2) is 4.60. The highest BCUT2D eigenvalue weighted by atomic mass is 35.5. The van der Waals surface area contributed by atoms with Crippen LogP contribution in [0.25, 0.3) is 11.3 Å². The summed E-state index contributed by atoms with van der Waals surface area (Å²) in [6.45, 7) is 5.85. The fraction of sp³-hybridized carbons (Fsp3) is 0.357. The minimum atomic E-state index is -3.40. The fourth-order valence-electron chi connectivity index (χ4n) is 1.73. The van der Waals surface area contributed by atoms with E-state index in [0.29, 0.717) is 11.3 Å². The van der Waals surface area contributed by atoms with E-state index in [4.69, 9.17) is 16.1 Å². The molecule has 1 heterocycles. The van der Waals surface area contributed by atoms with Crippen molar-refractivity contribution >= 4 is 11.6 Å². The van der Waals surface area contributed by atoms with Gasteiger partial charge in [-0.25, -0.2) is 0 Å². The maximum absolute atomic E-state index is 13.4. The summed E-state index contributed by atoms with van der Waals surface area (Å²) in [7, 11) is 0. The van der Waals surface area contributed by atoms with Gasteiger partial charge in [-0.1, -0.05) is 25.9 Å². The van der Waals surface area contributed by atoms with Crippen LogP contribution in [-0.4, -0.2) is 5.16 Å². The number of hydrogen-bond donors (Lipinski definition) is 0. The molecule has 0 unspecified atom stereocenters. The van der Waals surface area contributed by atoms with Crippen LogP contribution in [0.15, 0.2) is 35.1 Å². The van der Waals surface area contributed by atoms with Gasteiger partial charge in [0.15, 0.2) is 0 Å². The maximum Gasteiger partial charge on any atom is 0.348 e. The highest BCUT2D eigenvalue weighted by molar-refractivity contribution is 6.21. The van der Waals surface area contributed by atoms with Crippen LogP contribution in [0, 0.1) is 0 Å². The first-order chi connectivity index (χ1) is 8.68. The quantitative estimate of drug-likeness (QED) is 0.731. The molecule has 0 bridgehead atoms. The van der Waals surface area contributed by atoms with Crippen LogP contribution in [-0.2, 0) is 10.8 Å². The summed E-state index contributed by atoms with van der Waals surface area (Å²) in [6, 6.07) is 6.21. The van der Waals surface area contributed by atoms with Crippen molar-refractivity contribution in [1.29, 1.82) is 0 Å². The van der Waals surface area contributed by atoms with Crippen molar-refractivity contribution < 1.29 is 13.3 Å². The number of alkyl halides is 3. The highest BCUT2D eigenvalue weighted by Crippen LogP contribution is 2.37. The van der Waals surface area contributed by atoms with Crippen molar-refractivity contribution in [1.82, 2.24) is 5.16 Å². The van der Waals surface area contributed by atoms with Crippen LogP contribution in [0.3, 0.4) is 0 Å². The zero-order chi connectivity index (χ0) is 14.3. The molecule has 0 fully saturated rings. The molecule has 1 aromatic carbocycles. The van der Waals surface area contributed by atoms with Crippen LogP contribution < -0.4 is 0 Å². The maximum atomic E-state index is 13.4. The lowest BCUT2D eigenvalue weighted by molar-refractivity contribution is 0.0950. The molecule has 0 saturated heterocycles. The van der Waals surface area contributed by atoms with Gasteiger partial charge in [0, 0.05) is 17.2 Å². The van der Waals surface area contributed by atoms with Crippen LogP contribution in [0.1, 0.15) is 31.9 Å².